The van der Waals surface area contributed by atoms with Crippen molar-refractivity contribution in [3.63, 3.8) is 0 Å². The van der Waals surface area contributed by atoms with E-state index in [1.54, 1.807) is 13.3 Å². The van der Waals surface area contributed by atoms with E-state index in [-0.39, 0.29) is 0 Å². The number of methoxy groups -OCH3 is 1. The van der Waals surface area contributed by atoms with Gasteiger partial charge < -0.3 is 14.2 Å². The molecule has 0 radical (unpaired) electrons. The van der Waals surface area contributed by atoms with Crippen LogP contribution in [0.25, 0.3) is 0 Å². The molecule has 2 aromatic rings. The summed E-state index contributed by atoms with van der Waals surface area (Å²) in [5.41, 5.74) is 0. The summed E-state index contributed by atoms with van der Waals surface area (Å²) in [6.45, 7) is 7.80. The minimum atomic E-state index is 0.507. The zero-order valence-corrected chi connectivity index (χ0v) is 14.1. The summed E-state index contributed by atoms with van der Waals surface area (Å²) in [7, 11) is 1.76. The first-order valence-corrected chi connectivity index (χ1v) is 8.42. The molecule has 3 heterocycles. The van der Waals surface area contributed by atoms with Gasteiger partial charge in [0.1, 0.15) is 12.4 Å². The Morgan fingerprint density at radius 3 is 2.74 bits per heavy atom. The molecule has 2 aromatic heterocycles. The SMILES string of the molecule is CCn1c(Cn2cccn2)nnc1C1CCN(CCOC)CC1. The Labute approximate surface area is 137 Å². The minimum Gasteiger partial charge on any atom is -0.383 e. The summed E-state index contributed by atoms with van der Waals surface area (Å²) in [6.07, 6.45) is 6.04. The van der Waals surface area contributed by atoms with E-state index in [0.29, 0.717) is 12.5 Å². The third-order valence-corrected chi connectivity index (χ3v) is 4.60. The van der Waals surface area contributed by atoms with Gasteiger partial charge in [0, 0.05) is 38.5 Å². The molecule has 0 bridgehead atoms. The number of hydrogen-bond donors (Lipinski definition) is 0. The lowest BCUT2D eigenvalue weighted by Gasteiger charge is -2.31. The van der Waals surface area contributed by atoms with E-state index in [4.69, 9.17) is 4.74 Å². The van der Waals surface area contributed by atoms with E-state index in [9.17, 15) is 0 Å². The molecule has 0 aromatic carbocycles. The van der Waals surface area contributed by atoms with E-state index in [2.05, 4.69) is 31.7 Å². The summed E-state index contributed by atoms with van der Waals surface area (Å²) in [4.78, 5) is 2.47. The van der Waals surface area contributed by atoms with Crippen molar-refractivity contribution in [3.8, 4) is 0 Å². The van der Waals surface area contributed by atoms with Crippen LogP contribution in [0.3, 0.4) is 0 Å². The fourth-order valence-electron chi connectivity index (χ4n) is 3.29. The van der Waals surface area contributed by atoms with Crippen LogP contribution in [-0.4, -0.2) is 62.8 Å². The van der Waals surface area contributed by atoms with E-state index in [1.807, 2.05) is 16.9 Å². The van der Waals surface area contributed by atoms with Crippen LogP contribution in [0.1, 0.15) is 37.3 Å². The minimum absolute atomic E-state index is 0.507. The van der Waals surface area contributed by atoms with Crippen molar-refractivity contribution < 1.29 is 4.74 Å². The Morgan fingerprint density at radius 1 is 1.26 bits per heavy atom. The van der Waals surface area contributed by atoms with Gasteiger partial charge in [0.05, 0.1) is 6.61 Å². The molecule has 1 aliphatic rings. The predicted molar refractivity (Wildman–Crippen MR) is 87.3 cm³/mol. The Kier molecular flexibility index (Phi) is 5.40. The van der Waals surface area contributed by atoms with Gasteiger partial charge in [-0.1, -0.05) is 0 Å². The molecule has 0 saturated carbocycles. The third-order valence-electron chi connectivity index (χ3n) is 4.60. The normalized spacial score (nSPS) is 17.0. The molecule has 1 fully saturated rings. The topological polar surface area (TPSA) is 61.0 Å². The highest BCUT2D eigenvalue weighted by atomic mass is 16.5. The van der Waals surface area contributed by atoms with Gasteiger partial charge in [0.2, 0.25) is 0 Å². The van der Waals surface area contributed by atoms with Crippen LogP contribution in [0.15, 0.2) is 18.5 Å². The van der Waals surface area contributed by atoms with Gasteiger partial charge in [-0.25, -0.2) is 0 Å². The van der Waals surface area contributed by atoms with Crippen LogP contribution in [-0.2, 0) is 17.8 Å². The fraction of sp³-hybridized carbons (Fsp3) is 0.688. The lowest BCUT2D eigenvalue weighted by Crippen LogP contribution is -2.35. The highest BCUT2D eigenvalue weighted by Crippen LogP contribution is 2.27. The van der Waals surface area contributed by atoms with Crippen molar-refractivity contribution in [2.45, 2.75) is 38.8 Å². The monoisotopic (exact) mass is 318 g/mol. The Morgan fingerprint density at radius 2 is 2.09 bits per heavy atom. The zero-order chi connectivity index (χ0) is 16.1. The van der Waals surface area contributed by atoms with E-state index < -0.39 is 0 Å². The average molecular weight is 318 g/mol. The smallest absolute Gasteiger partial charge is 0.154 e. The Bertz CT molecular complexity index is 586. The lowest BCUT2D eigenvalue weighted by molar-refractivity contribution is 0.129. The van der Waals surface area contributed by atoms with E-state index >= 15 is 0 Å². The molecule has 0 unspecified atom stereocenters. The summed E-state index contributed by atoms with van der Waals surface area (Å²) in [6, 6.07) is 1.93. The van der Waals surface area contributed by atoms with Crippen molar-refractivity contribution in [2.75, 3.05) is 33.4 Å². The molecule has 3 rings (SSSR count). The van der Waals surface area contributed by atoms with Gasteiger partial charge in [0.25, 0.3) is 0 Å². The maximum atomic E-state index is 5.17. The molecule has 1 aliphatic heterocycles. The number of piperidine rings is 1. The van der Waals surface area contributed by atoms with Gasteiger partial charge in [-0.3, -0.25) is 4.68 Å². The molecule has 0 aliphatic carbocycles. The van der Waals surface area contributed by atoms with Crippen molar-refractivity contribution in [3.05, 3.63) is 30.1 Å². The third kappa shape index (κ3) is 3.79. The molecular formula is C16H26N6O. The number of nitrogens with zero attached hydrogens (tertiary/aromatic N) is 6. The molecule has 7 nitrogen and oxygen atoms in total. The van der Waals surface area contributed by atoms with Crippen molar-refractivity contribution in [1.29, 1.82) is 0 Å². The Balaban J connectivity index is 1.65. The molecule has 0 amide bonds. The highest BCUT2D eigenvalue weighted by Gasteiger charge is 2.25. The van der Waals surface area contributed by atoms with Crippen LogP contribution in [0.2, 0.25) is 0 Å². The number of hydrogen-bond acceptors (Lipinski definition) is 5. The molecule has 0 spiro atoms. The van der Waals surface area contributed by atoms with E-state index in [0.717, 1.165) is 57.3 Å². The molecule has 7 heteroatoms. The van der Waals surface area contributed by atoms with Gasteiger partial charge in [-0.15, -0.1) is 10.2 Å². The van der Waals surface area contributed by atoms with Crippen molar-refractivity contribution in [1.82, 2.24) is 29.4 Å². The van der Waals surface area contributed by atoms with Gasteiger partial charge in [0.15, 0.2) is 5.82 Å². The molecule has 0 atom stereocenters. The van der Waals surface area contributed by atoms with Gasteiger partial charge >= 0.3 is 0 Å². The van der Waals surface area contributed by atoms with Crippen LogP contribution in [0, 0.1) is 0 Å². The lowest BCUT2D eigenvalue weighted by atomic mass is 9.96. The maximum absolute atomic E-state index is 5.17. The maximum Gasteiger partial charge on any atom is 0.154 e. The first kappa shape index (κ1) is 16.1. The number of ether oxygens (including phenoxy) is 1. The fourth-order valence-corrected chi connectivity index (χ4v) is 3.29. The highest BCUT2D eigenvalue weighted by molar-refractivity contribution is 5.04. The molecule has 23 heavy (non-hydrogen) atoms. The predicted octanol–water partition coefficient (Wildman–Crippen LogP) is 1.37. The van der Waals surface area contributed by atoms with Crippen LogP contribution >= 0.6 is 0 Å². The Hall–Kier alpha value is -1.73. The molecule has 126 valence electrons. The summed E-state index contributed by atoms with van der Waals surface area (Å²) in [5.74, 6) is 2.64. The number of rotatable bonds is 7. The number of aromatic nitrogens is 5. The second-order valence-electron chi connectivity index (χ2n) is 6.03. The summed E-state index contributed by atoms with van der Waals surface area (Å²) in [5, 5.41) is 13.2. The summed E-state index contributed by atoms with van der Waals surface area (Å²) < 4.78 is 9.33. The molecular weight excluding hydrogens is 292 g/mol. The second-order valence-corrected chi connectivity index (χ2v) is 6.03. The molecule has 0 N–H and O–H groups in total. The van der Waals surface area contributed by atoms with Crippen molar-refractivity contribution >= 4 is 0 Å². The van der Waals surface area contributed by atoms with Gasteiger partial charge in [-0.05, 0) is 38.9 Å². The standard InChI is InChI=1S/C16H26N6O/c1-3-22-15(13-21-8-4-7-17-21)18-19-16(22)14-5-9-20(10-6-14)11-12-23-2/h4,7-8,14H,3,5-6,9-13H2,1-2H3. The van der Waals surface area contributed by atoms with Crippen LogP contribution in [0.4, 0.5) is 0 Å². The zero-order valence-electron chi connectivity index (χ0n) is 14.1. The largest absolute Gasteiger partial charge is 0.383 e. The number of likely N-dealkylation sites (tertiary alicyclic amines) is 1. The van der Waals surface area contributed by atoms with E-state index in [1.165, 1.54) is 0 Å². The molecule has 1 saturated heterocycles. The van der Waals surface area contributed by atoms with Crippen molar-refractivity contribution in [2.24, 2.45) is 0 Å². The van der Waals surface area contributed by atoms with Gasteiger partial charge in [-0.2, -0.15) is 5.10 Å². The first-order valence-electron chi connectivity index (χ1n) is 8.42. The average Bonchev–Trinajstić information content (AvgIpc) is 3.23. The summed E-state index contributed by atoms with van der Waals surface area (Å²) >= 11 is 0. The van der Waals surface area contributed by atoms with Crippen LogP contribution < -0.4 is 0 Å². The quantitative estimate of drug-likeness (QED) is 0.771. The second kappa shape index (κ2) is 7.70. The van der Waals surface area contributed by atoms with Crippen LogP contribution in [0.5, 0.6) is 0 Å². The first-order chi connectivity index (χ1) is 11.3.